The third-order valence-electron chi connectivity index (χ3n) is 2.55. The fraction of sp³-hybridized carbons (Fsp3) is 0.0714. The van der Waals surface area contributed by atoms with Gasteiger partial charge in [-0.25, -0.2) is 0 Å². The number of aliphatic hydroxyl groups is 1. The highest BCUT2D eigenvalue weighted by molar-refractivity contribution is 5.85. The van der Waals surface area contributed by atoms with E-state index in [4.69, 9.17) is 15.7 Å². The van der Waals surface area contributed by atoms with Crippen LogP contribution in [-0.2, 0) is 0 Å². The number of para-hydroxylation sites is 1. The highest BCUT2D eigenvalue weighted by Gasteiger charge is 2.13. The molecule has 1 atom stereocenters. The predicted octanol–water partition coefficient (Wildman–Crippen LogP) is 2.26. The molecule has 0 aliphatic carbocycles. The standard InChI is InChI=1S/C14H14N2O3/c15-14(16-18)13(17)10-5-4-8-12(9-10)19-11-6-2-1-3-7-11/h1-9,13,17-18H,(H2,15,16). The summed E-state index contributed by atoms with van der Waals surface area (Å²) in [7, 11) is 0. The number of ether oxygens (including phenoxy) is 1. The molecule has 0 aliphatic rings. The van der Waals surface area contributed by atoms with Crippen molar-refractivity contribution in [3.05, 3.63) is 60.2 Å². The Bertz CT molecular complexity index is 570. The zero-order valence-corrected chi connectivity index (χ0v) is 10.1. The number of rotatable bonds is 4. The quantitative estimate of drug-likeness (QED) is 0.340. The summed E-state index contributed by atoms with van der Waals surface area (Å²) in [5.74, 6) is 0.989. The first-order valence-electron chi connectivity index (χ1n) is 5.69. The molecule has 0 bridgehead atoms. The van der Waals surface area contributed by atoms with Crippen molar-refractivity contribution in [2.45, 2.75) is 6.10 Å². The lowest BCUT2D eigenvalue weighted by molar-refractivity contribution is 0.232. The highest BCUT2D eigenvalue weighted by atomic mass is 16.5. The minimum Gasteiger partial charge on any atom is -0.457 e. The molecule has 0 aliphatic heterocycles. The number of hydrogen-bond donors (Lipinski definition) is 3. The van der Waals surface area contributed by atoms with E-state index in [1.54, 1.807) is 24.3 Å². The molecule has 0 amide bonds. The molecule has 0 heterocycles. The smallest absolute Gasteiger partial charge is 0.172 e. The van der Waals surface area contributed by atoms with Crippen LogP contribution in [0.25, 0.3) is 0 Å². The van der Waals surface area contributed by atoms with Crippen molar-refractivity contribution in [3.8, 4) is 11.5 Å². The van der Waals surface area contributed by atoms with Gasteiger partial charge in [0.15, 0.2) is 5.84 Å². The molecule has 5 nitrogen and oxygen atoms in total. The molecule has 1 unspecified atom stereocenters. The molecular formula is C14H14N2O3. The van der Waals surface area contributed by atoms with E-state index in [1.807, 2.05) is 30.3 Å². The van der Waals surface area contributed by atoms with Crippen LogP contribution < -0.4 is 10.5 Å². The molecule has 19 heavy (non-hydrogen) atoms. The summed E-state index contributed by atoms with van der Waals surface area (Å²) in [5, 5.41) is 21.1. The Balaban J connectivity index is 2.20. The van der Waals surface area contributed by atoms with Crippen molar-refractivity contribution in [3.63, 3.8) is 0 Å². The molecule has 2 rings (SSSR count). The number of hydrogen-bond acceptors (Lipinski definition) is 4. The van der Waals surface area contributed by atoms with Crippen molar-refractivity contribution in [1.82, 2.24) is 0 Å². The Morgan fingerprint density at radius 2 is 1.74 bits per heavy atom. The van der Waals surface area contributed by atoms with Gasteiger partial charge in [-0.05, 0) is 29.8 Å². The summed E-state index contributed by atoms with van der Waals surface area (Å²) >= 11 is 0. The fourth-order valence-corrected chi connectivity index (χ4v) is 1.60. The maximum atomic E-state index is 9.81. The Hall–Kier alpha value is -2.53. The van der Waals surface area contributed by atoms with E-state index in [2.05, 4.69) is 5.16 Å². The van der Waals surface area contributed by atoms with Gasteiger partial charge in [0.1, 0.15) is 17.6 Å². The summed E-state index contributed by atoms with van der Waals surface area (Å²) in [4.78, 5) is 0. The highest BCUT2D eigenvalue weighted by Crippen LogP contribution is 2.24. The van der Waals surface area contributed by atoms with Gasteiger partial charge in [0.2, 0.25) is 0 Å². The van der Waals surface area contributed by atoms with Gasteiger partial charge in [0.25, 0.3) is 0 Å². The van der Waals surface area contributed by atoms with Gasteiger partial charge in [-0.2, -0.15) is 0 Å². The van der Waals surface area contributed by atoms with Gasteiger partial charge in [-0.15, -0.1) is 0 Å². The third kappa shape index (κ3) is 3.23. The van der Waals surface area contributed by atoms with Crippen molar-refractivity contribution in [2.75, 3.05) is 0 Å². The summed E-state index contributed by atoms with van der Waals surface area (Å²) in [6, 6.07) is 16.1. The largest absolute Gasteiger partial charge is 0.457 e. The van der Waals surface area contributed by atoms with E-state index in [9.17, 15) is 5.11 Å². The van der Waals surface area contributed by atoms with Crippen LogP contribution in [0.2, 0.25) is 0 Å². The number of aliphatic hydroxyl groups excluding tert-OH is 1. The first-order valence-corrected chi connectivity index (χ1v) is 5.69. The Labute approximate surface area is 110 Å². The SMILES string of the molecule is NC(=NO)C(O)c1cccc(Oc2ccccc2)c1. The lowest BCUT2D eigenvalue weighted by Gasteiger charge is -2.11. The fourth-order valence-electron chi connectivity index (χ4n) is 1.60. The topological polar surface area (TPSA) is 88.1 Å². The second-order valence-electron chi connectivity index (χ2n) is 3.92. The van der Waals surface area contributed by atoms with E-state index in [1.165, 1.54) is 0 Å². The van der Waals surface area contributed by atoms with E-state index in [0.717, 1.165) is 0 Å². The molecule has 4 N–H and O–H groups in total. The van der Waals surface area contributed by atoms with Gasteiger partial charge in [0.05, 0.1) is 0 Å². The zero-order valence-electron chi connectivity index (χ0n) is 10.1. The van der Waals surface area contributed by atoms with E-state index in [-0.39, 0.29) is 5.84 Å². The lowest BCUT2D eigenvalue weighted by Crippen LogP contribution is -2.21. The van der Waals surface area contributed by atoms with Crippen LogP contribution in [0, 0.1) is 0 Å². The van der Waals surface area contributed by atoms with E-state index in [0.29, 0.717) is 17.1 Å². The van der Waals surface area contributed by atoms with Crippen molar-refractivity contribution in [1.29, 1.82) is 0 Å². The van der Waals surface area contributed by atoms with Crippen LogP contribution in [0.15, 0.2) is 59.8 Å². The van der Waals surface area contributed by atoms with Crippen molar-refractivity contribution < 1.29 is 15.1 Å². The van der Waals surface area contributed by atoms with E-state index < -0.39 is 6.10 Å². The molecule has 2 aromatic rings. The average molecular weight is 258 g/mol. The molecule has 5 heteroatoms. The Kier molecular flexibility index (Phi) is 4.00. The van der Waals surface area contributed by atoms with Crippen LogP contribution in [0.5, 0.6) is 11.5 Å². The van der Waals surface area contributed by atoms with Gasteiger partial charge in [-0.3, -0.25) is 0 Å². The monoisotopic (exact) mass is 258 g/mol. The minimum atomic E-state index is -1.16. The molecule has 0 spiro atoms. The molecule has 0 saturated heterocycles. The molecule has 0 radical (unpaired) electrons. The minimum absolute atomic E-state index is 0.267. The van der Waals surface area contributed by atoms with Gasteiger partial charge in [0, 0.05) is 0 Å². The predicted molar refractivity (Wildman–Crippen MR) is 71.3 cm³/mol. The molecule has 0 saturated carbocycles. The summed E-state index contributed by atoms with van der Waals surface area (Å²) in [6.07, 6.45) is -1.16. The van der Waals surface area contributed by atoms with Crippen LogP contribution >= 0.6 is 0 Å². The number of nitrogens with zero attached hydrogens (tertiary/aromatic N) is 1. The number of benzene rings is 2. The van der Waals surface area contributed by atoms with Gasteiger partial charge in [-0.1, -0.05) is 35.5 Å². The number of amidine groups is 1. The van der Waals surface area contributed by atoms with E-state index >= 15 is 0 Å². The summed E-state index contributed by atoms with van der Waals surface area (Å²) in [5.41, 5.74) is 5.85. The second-order valence-corrected chi connectivity index (χ2v) is 3.92. The first kappa shape index (κ1) is 12.9. The van der Waals surface area contributed by atoms with Crippen LogP contribution in [0.3, 0.4) is 0 Å². The maximum Gasteiger partial charge on any atom is 0.172 e. The van der Waals surface area contributed by atoms with Gasteiger partial charge >= 0.3 is 0 Å². The lowest BCUT2D eigenvalue weighted by atomic mass is 10.1. The van der Waals surface area contributed by atoms with Gasteiger partial charge < -0.3 is 20.8 Å². The Morgan fingerprint density at radius 3 is 2.42 bits per heavy atom. The third-order valence-corrected chi connectivity index (χ3v) is 2.55. The molecule has 0 aromatic heterocycles. The summed E-state index contributed by atoms with van der Waals surface area (Å²) < 4.78 is 5.63. The normalized spacial score (nSPS) is 13.0. The molecule has 2 aromatic carbocycles. The summed E-state index contributed by atoms with van der Waals surface area (Å²) in [6.45, 7) is 0. The maximum absolute atomic E-state index is 9.81. The Morgan fingerprint density at radius 1 is 1.05 bits per heavy atom. The first-order chi connectivity index (χ1) is 9.20. The number of nitrogens with two attached hydrogens (primary N) is 1. The molecule has 98 valence electrons. The van der Waals surface area contributed by atoms with Crippen molar-refractivity contribution >= 4 is 5.84 Å². The zero-order chi connectivity index (χ0) is 13.7. The number of oxime groups is 1. The van der Waals surface area contributed by atoms with Crippen LogP contribution in [0.4, 0.5) is 0 Å². The molecule has 0 fully saturated rings. The second kappa shape index (κ2) is 5.88. The van der Waals surface area contributed by atoms with Crippen LogP contribution in [-0.4, -0.2) is 16.1 Å². The van der Waals surface area contributed by atoms with Crippen molar-refractivity contribution in [2.24, 2.45) is 10.9 Å². The average Bonchev–Trinajstić information content (AvgIpc) is 2.47. The van der Waals surface area contributed by atoms with Crippen LogP contribution in [0.1, 0.15) is 11.7 Å². The molecular weight excluding hydrogens is 244 g/mol.